The van der Waals surface area contributed by atoms with Crippen LogP contribution < -0.4 is 4.74 Å². The number of hydrogen-bond donors (Lipinski definition) is 0. The fourth-order valence-electron chi connectivity index (χ4n) is 2.34. The van der Waals surface area contributed by atoms with Gasteiger partial charge >= 0.3 is 0 Å². The Morgan fingerprint density at radius 3 is 2.04 bits per heavy atom. The lowest BCUT2D eigenvalue weighted by Crippen LogP contribution is -2.11. The van der Waals surface area contributed by atoms with E-state index in [0.717, 1.165) is 28.2 Å². The molecule has 1 unspecified atom stereocenters. The Bertz CT molecular complexity index is 623. The number of hydrogen-bond acceptors (Lipinski definition) is 3. The third kappa shape index (κ3) is 6.44. The van der Waals surface area contributed by atoms with Crippen molar-refractivity contribution in [2.75, 3.05) is 6.61 Å². The second-order valence-electron chi connectivity index (χ2n) is 5.90. The summed E-state index contributed by atoms with van der Waals surface area (Å²) in [6.45, 7) is 5.25. The van der Waals surface area contributed by atoms with E-state index in [2.05, 4.69) is 40.0 Å². The molecular formula is C20H25BrN2O. The van der Waals surface area contributed by atoms with Crippen molar-refractivity contribution in [3.8, 4) is 5.75 Å². The summed E-state index contributed by atoms with van der Waals surface area (Å²) in [6, 6.07) is 15.5. The quantitative estimate of drug-likeness (QED) is 0.410. The van der Waals surface area contributed by atoms with Gasteiger partial charge in [-0.05, 0) is 60.9 Å². The van der Waals surface area contributed by atoms with Crippen molar-refractivity contribution in [2.45, 2.75) is 39.5 Å². The molecule has 0 spiro atoms. The maximum absolute atomic E-state index is 5.91. The first kappa shape index (κ1) is 18.7. The molecule has 0 fully saturated rings. The van der Waals surface area contributed by atoms with Gasteiger partial charge in [0.1, 0.15) is 5.75 Å². The van der Waals surface area contributed by atoms with Crippen LogP contribution in [0, 0.1) is 5.92 Å². The molecule has 0 radical (unpaired) electrons. The Kier molecular flexibility index (Phi) is 7.96. The molecule has 0 saturated carbocycles. The highest BCUT2D eigenvalue weighted by Crippen LogP contribution is 2.23. The number of nitrogens with zero attached hydrogens (tertiary/aromatic N) is 2. The van der Waals surface area contributed by atoms with Crippen molar-refractivity contribution >= 4 is 27.3 Å². The smallest absolute Gasteiger partial charge is 0.119 e. The van der Waals surface area contributed by atoms with Crippen molar-refractivity contribution in [3.05, 3.63) is 53.0 Å². The largest absolute Gasteiger partial charge is 0.493 e. The highest BCUT2D eigenvalue weighted by Gasteiger charge is 2.06. The molecule has 128 valence electrons. The van der Waals surface area contributed by atoms with E-state index in [0.29, 0.717) is 5.92 Å². The van der Waals surface area contributed by atoms with Gasteiger partial charge in [0.2, 0.25) is 0 Å². The van der Waals surface area contributed by atoms with Crippen LogP contribution in [0.25, 0.3) is 0 Å². The van der Waals surface area contributed by atoms with Crippen LogP contribution in [-0.4, -0.2) is 6.61 Å². The third-order valence-electron chi connectivity index (χ3n) is 3.97. The standard InChI is InChI=1S/C20H25BrN2O/c1-3-5-6-16(4-2)15-24-20-13-11-19(12-14-20)23-22-18-9-7-17(21)8-10-18/h7-14,16H,3-6,15H2,1-2H3/b23-22+. The van der Waals surface area contributed by atoms with Crippen LogP contribution in [0.2, 0.25) is 0 Å². The second kappa shape index (κ2) is 10.2. The summed E-state index contributed by atoms with van der Waals surface area (Å²) in [5, 5.41) is 8.49. The molecule has 2 rings (SSSR count). The van der Waals surface area contributed by atoms with Crippen molar-refractivity contribution in [1.29, 1.82) is 0 Å². The lowest BCUT2D eigenvalue weighted by atomic mass is 10.0. The summed E-state index contributed by atoms with van der Waals surface area (Å²) in [6.07, 6.45) is 4.93. The number of halogens is 1. The van der Waals surface area contributed by atoms with Crippen LogP contribution in [0.5, 0.6) is 5.75 Å². The first-order chi connectivity index (χ1) is 11.7. The first-order valence-corrected chi connectivity index (χ1v) is 9.40. The van der Waals surface area contributed by atoms with Crippen molar-refractivity contribution in [1.82, 2.24) is 0 Å². The van der Waals surface area contributed by atoms with Gasteiger partial charge < -0.3 is 4.74 Å². The molecule has 4 heteroatoms. The number of azo groups is 1. The van der Waals surface area contributed by atoms with Crippen LogP contribution in [0.15, 0.2) is 63.2 Å². The topological polar surface area (TPSA) is 34.0 Å². The lowest BCUT2D eigenvalue weighted by Gasteiger charge is -2.15. The van der Waals surface area contributed by atoms with Crippen LogP contribution in [0.3, 0.4) is 0 Å². The predicted octanol–water partition coefficient (Wildman–Crippen LogP) is 7.46. The number of benzene rings is 2. The molecule has 1 atom stereocenters. The Morgan fingerprint density at radius 2 is 1.50 bits per heavy atom. The number of unbranched alkanes of at least 4 members (excludes halogenated alkanes) is 1. The minimum absolute atomic E-state index is 0.640. The fraction of sp³-hybridized carbons (Fsp3) is 0.400. The normalized spacial score (nSPS) is 12.5. The molecule has 2 aromatic carbocycles. The Labute approximate surface area is 153 Å². The molecule has 0 heterocycles. The molecule has 0 bridgehead atoms. The highest BCUT2D eigenvalue weighted by molar-refractivity contribution is 9.10. The van der Waals surface area contributed by atoms with E-state index in [1.165, 1.54) is 25.7 Å². The van der Waals surface area contributed by atoms with E-state index < -0.39 is 0 Å². The van der Waals surface area contributed by atoms with Gasteiger partial charge in [-0.15, -0.1) is 0 Å². The van der Waals surface area contributed by atoms with E-state index in [4.69, 9.17) is 4.74 Å². The maximum atomic E-state index is 5.91. The van der Waals surface area contributed by atoms with Gasteiger partial charge in [-0.3, -0.25) is 0 Å². The highest BCUT2D eigenvalue weighted by atomic mass is 79.9. The fourth-order valence-corrected chi connectivity index (χ4v) is 2.61. The lowest BCUT2D eigenvalue weighted by molar-refractivity contribution is 0.233. The summed E-state index contributed by atoms with van der Waals surface area (Å²) in [4.78, 5) is 0. The Morgan fingerprint density at radius 1 is 0.917 bits per heavy atom. The van der Waals surface area contributed by atoms with Gasteiger partial charge in [-0.25, -0.2) is 0 Å². The molecule has 0 aliphatic rings. The molecule has 0 saturated heterocycles. The molecule has 0 N–H and O–H groups in total. The minimum Gasteiger partial charge on any atom is -0.493 e. The van der Waals surface area contributed by atoms with Gasteiger partial charge in [0.15, 0.2) is 0 Å². The van der Waals surface area contributed by atoms with Crippen LogP contribution in [0.1, 0.15) is 39.5 Å². The summed E-state index contributed by atoms with van der Waals surface area (Å²) in [5.74, 6) is 1.54. The summed E-state index contributed by atoms with van der Waals surface area (Å²) in [7, 11) is 0. The average molecular weight is 389 g/mol. The second-order valence-corrected chi connectivity index (χ2v) is 6.81. The van der Waals surface area contributed by atoms with E-state index in [1.54, 1.807) is 0 Å². The molecule has 0 aliphatic heterocycles. The summed E-state index contributed by atoms with van der Waals surface area (Å²) in [5.41, 5.74) is 1.66. The Hall–Kier alpha value is -1.68. The van der Waals surface area contributed by atoms with E-state index in [-0.39, 0.29) is 0 Å². The van der Waals surface area contributed by atoms with Crippen molar-refractivity contribution in [2.24, 2.45) is 16.1 Å². The number of ether oxygens (including phenoxy) is 1. The molecular weight excluding hydrogens is 364 g/mol. The third-order valence-corrected chi connectivity index (χ3v) is 4.50. The van der Waals surface area contributed by atoms with Gasteiger partial charge in [-0.2, -0.15) is 10.2 Å². The van der Waals surface area contributed by atoms with Crippen LogP contribution in [0.4, 0.5) is 11.4 Å². The molecule has 0 aliphatic carbocycles. The van der Waals surface area contributed by atoms with Crippen molar-refractivity contribution in [3.63, 3.8) is 0 Å². The zero-order valence-electron chi connectivity index (χ0n) is 14.4. The molecule has 0 aromatic heterocycles. The van der Waals surface area contributed by atoms with Gasteiger partial charge in [0, 0.05) is 4.47 Å². The predicted molar refractivity (Wildman–Crippen MR) is 104 cm³/mol. The van der Waals surface area contributed by atoms with Crippen molar-refractivity contribution < 1.29 is 4.74 Å². The summed E-state index contributed by atoms with van der Waals surface area (Å²) >= 11 is 3.41. The summed E-state index contributed by atoms with van der Waals surface area (Å²) < 4.78 is 6.94. The first-order valence-electron chi connectivity index (χ1n) is 8.61. The Balaban J connectivity index is 1.87. The number of rotatable bonds is 9. The van der Waals surface area contributed by atoms with Gasteiger partial charge in [-0.1, -0.05) is 49.0 Å². The molecule has 3 nitrogen and oxygen atoms in total. The zero-order valence-corrected chi connectivity index (χ0v) is 16.0. The van der Waals surface area contributed by atoms with Crippen LogP contribution >= 0.6 is 15.9 Å². The van der Waals surface area contributed by atoms with Crippen LogP contribution in [-0.2, 0) is 0 Å². The van der Waals surface area contributed by atoms with E-state index >= 15 is 0 Å². The zero-order chi connectivity index (χ0) is 17.2. The SMILES string of the molecule is CCCCC(CC)COc1ccc(/N=N/c2ccc(Br)cc2)cc1. The molecule has 0 amide bonds. The average Bonchev–Trinajstić information content (AvgIpc) is 2.62. The van der Waals surface area contributed by atoms with Gasteiger partial charge in [0.05, 0.1) is 18.0 Å². The maximum Gasteiger partial charge on any atom is 0.119 e. The van der Waals surface area contributed by atoms with E-state index in [9.17, 15) is 0 Å². The van der Waals surface area contributed by atoms with E-state index in [1.807, 2.05) is 48.5 Å². The minimum atomic E-state index is 0.640. The van der Waals surface area contributed by atoms with Gasteiger partial charge in [0.25, 0.3) is 0 Å². The molecule has 24 heavy (non-hydrogen) atoms. The monoisotopic (exact) mass is 388 g/mol. The molecule has 2 aromatic rings.